The van der Waals surface area contributed by atoms with Crippen LogP contribution in [0, 0.1) is 13.8 Å². The maximum Gasteiger partial charge on any atom is 0.0537 e. The van der Waals surface area contributed by atoms with Gasteiger partial charge in [-0.05, 0) is 128 Å². The molecular weight excluding hydrogens is 629 g/mol. The van der Waals surface area contributed by atoms with E-state index in [2.05, 4.69) is 188 Å². The standard InChI is InChI=1S/C50H38N2/c1-33-30-37(24-26-41(33)39-18-13-19-40(31-39)52-47(28-29-51)34(2)42-20-11-12-23-48(42)52)38-25-27-45-46(32-38)50(36-16-7-4-8-17-36)44-22-10-9-21-43(44)49(45)35-14-5-3-6-15-35/h3-32H,51H2,1-2H3/b29-28-. The van der Waals surface area contributed by atoms with Crippen LogP contribution in [0.4, 0.5) is 0 Å². The lowest BCUT2D eigenvalue weighted by Crippen LogP contribution is -1.98. The van der Waals surface area contributed by atoms with Crippen LogP contribution in [0.5, 0.6) is 0 Å². The SMILES string of the molecule is Cc1cc(-c2ccc3c(-c4ccccc4)c4ccccc4c(-c4ccccc4)c3c2)ccc1-c1cccc(-n2c(/C=C\N)c(C)c3ccccc32)c1. The van der Waals surface area contributed by atoms with E-state index in [0.717, 1.165) is 11.4 Å². The van der Waals surface area contributed by atoms with E-state index in [0.29, 0.717) is 0 Å². The quantitative estimate of drug-likeness (QED) is 0.176. The lowest BCUT2D eigenvalue weighted by molar-refractivity contribution is 1.10. The Labute approximate surface area is 304 Å². The Morgan fingerprint density at radius 3 is 1.67 bits per heavy atom. The fourth-order valence-electron chi connectivity index (χ4n) is 8.16. The molecule has 0 fully saturated rings. The van der Waals surface area contributed by atoms with Crippen molar-refractivity contribution in [3.05, 3.63) is 193 Å². The average Bonchev–Trinajstić information content (AvgIpc) is 3.48. The molecule has 0 saturated heterocycles. The van der Waals surface area contributed by atoms with Gasteiger partial charge >= 0.3 is 0 Å². The molecule has 0 saturated carbocycles. The van der Waals surface area contributed by atoms with Gasteiger partial charge in [0.1, 0.15) is 0 Å². The first kappa shape index (κ1) is 31.3. The van der Waals surface area contributed by atoms with Crippen molar-refractivity contribution in [3.8, 4) is 50.2 Å². The van der Waals surface area contributed by atoms with Crippen molar-refractivity contribution in [2.24, 2.45) is 5.73 Å². The number of benzene rings is 8. The van der Waals surface area contributed by atoms with E-state index < -0.39 is 0 Å². The zero-order chi connectivity index (χ0) is 35.2. The monoisotopic (exact) mass is 666 g/mol. The summed E-state index contributed by atoms with van der Waals surface area (Å²) in [6, 6.07) is 61.8. The fraction of sp³-hybridized carbons (Fsp3) is 0.0400. The van der Waals surface area contributed by atoms with E-state index in [1.165, 1.54) is 88.1 Å². The van der Waals surface area contributed by atoms with Crippen molar-refractivity contribution in [1.82, 2.24) is 4.57 Å². The van der Waals surface area contributed by atoms with E-state index in [-0.39, 0.29) is 0 Å². The van der Waals surface area contributed by atoms with Crippen molar-refractivity contribution in [2.45, 2.75) is 13.8 Å². The van der Waals surface area contributed by atoms with Crippen molar-refractivity contribution in [2.75, 3.05) is 0 Å². The van der Waals surface area contributed by atoms with E-state index in [4.69, 9.17) is 5.73 Å². The fourth-order valence-corrected chi connectivity index (χ4v) is 8.16. The Balaban J connectivity index is 1.19. The van der Waals surface area contributed by atoms with Crippen molar-refractivity contribution < 1.29 is 0 Å². The molecule has 0 unspecified atom stereocenters. The first-order valence-electron chi connectivity index (χ1n) is 17.9. The summed E-state index contributed by atoms with van der Waals surface area (Å²) in [5, 5.41) is 6.28. The first-order chi connectivity index (χ1) is 25.6. The van der Waals surface area contributed by atoms with E-state index in [1.54, 1.807) is 6.20 Å². The summed E-state index contributed by atoms with van der Waals surface area (Å²) >= 11 is 0. The second-order valence-electron chi connectivity index (χ2n) is 13.6. The molecule has 1 heterocycles. The molecule has 0 spiro atoms. The number of aryl methyl sites for hydroxylation is 2. The lowest BCUT2D eigenvalue weighted by atomic mass is 9.84. The Bertz CT molecular complexity index is 2800. The van der Waals surface area contributed by atoms with Gasteiger partial charge in [-0.3, -0.25) is 0 Å². The van der Waals surface area contributed by atoms with Crippen molar-refractivity contribution in [3.63, 3.8) is 0 Å². The van der Waals surface area contributed by atoms with Gasteiger partial charge in [0.15, 0.2) is 0 Å². The van der Waals surface area contributed by atoms with Crippen LogP contribution in [0.3, 0.4) is 0 Å². The largest absolute Gasteiger partial charge is 0.405 e. The third kappa shape index (κ3) is 5.20. The molecule has 2 nitrogen and oxygen atoms in total. The molecule has 2 N–H and O–H groups in total. The molecule has 0 aliphatic heterocycles. The predicted molar refractivity (Wildman–Crippen MR) is 223 cm³/mol. The normalized spacial score (nSPS) is 11.7. The van der Waals surface area contributed by atoms with Gasteiger partial charge in [0.25, 0.3) is 0 Å². The third-order valence-corrected chi connectivity index (χ3v) is 10.6. The number of para-hydroxylation sites is 1. The van der Waals surface area contributed by atoms with Crippen LogP contribution in [-0.4, -0.2) is 4.57 Å². The summed E-state index contributed by atoms with van der Waals surface area (Å²) in [5.41, 5.74) is 21.6. The van der Waals surface area contributed by atoms with Gasteiger partial charge < -0.3 is 10.3 Å². The summed E-state index contributed by atoms with van der Waals surface area (Å²) in [4.78, 5) is 0. The number of hydrogen-bond acceptors (Lipinski definition) is 1. The Kier molecular flexibility index (Phi) is 7.79. The summed E-state index contributed by atoms with van der Waals surface area (Å²) in [7, 11) is 0. The molecule has 248 valence electrons. The molecule has 0 amide bonds. The highest BCUT2D eigenvalue weighted by Gasteiger charge is 2.18. The number of hydrogen-bond donors (Lipinski definition) is 1. The predicted octanol–water partition coefficient (Wildman–Crippen LogP) is 13.2. The Hall–Kier alpha value is -6.64. The maximum absolute atomic E-state index is 5.93. The first-order valence-corrected chi connectivity index (χ1v) is 17.9. The van der Waals surface area contributed by atoms with Gasteiger partial charge in [-0.25, -0.2) is 0 Å². The van der Waals surface area contributed by atoms with E-state index in [9.17, 15) is 0 Å². The number of nitrogens with two attached hydrogens (primary N) is 1. The molecule has 1 aromatic heterocycles. The molecule has 52 heavy (non-hydrogen) atoms. The zero-order valence-corrected chi connectivity index (χ0v) is 29.3. The van der Waals surface area contributed by atoms with Crippen LogP contribution in [0.2, 0.25) is 0 Å². The third-order valence-electron chi connectivity index (χ3n) is 10.6. The molecule has 0 atom stereocenters. The summed E-state index contributed by atoms with van der Waals surface area (Å²) in [6.45, 7) is 4.39. The van der Waals surface area contributed by atoms with Crippen LogP contribution < -0.4 is 5.73 Å². The van der Waals surface area contributed by atoms with E-state index >= 15 is 0 Å². The van der Waals surface area contributed by atoms with Gasteiger partial charge in [0.2, 0.25) is 0 Å². The average molecular weight is 667 g/mol. The highest BCUT2D eigenvalue weighted by Crippen LogP contribution is 2.45. The summed E-state index contributed by atoms with van der Waals surface area (Å²) in [5.74, 6) is 0. The topological polar surface area (TPSA) is 30.9 Å². The van der Waals surface area contributed by atoms with Gasteiger partial charge in [0.05, 0.1) is 11.2 Å². The molecule has 2 heteroatoms. The number of aromatic nitrogens is 1. The minimum atomic E-state index is 1.10. The van der Waals surface area contributed by atoms with Crippen LogP contribution in [0.15, 0.2) is 176 Å². The maximum atomic E-state index is 5.93. The number of nitrogens with zero attached hydrogens (tertiary/aromatic N) is 1. The summed E-state index contributed by atoms with van der Waals surface area (Å²) in [6.07, 6.45) is 3.63. The minimum absolute atomic E-state index is 1.10. The second-order valence-corrected chi connectivity index (χ2v) is 13.6. The number of fused-ring (bicyclic) bond motifs is 3. The van der Waals surface area contributed by atoms with Crippen molar-refractivity contribution in [1.29, 1.82) is 0 Å². The van der Waals surface area contributed by atoms with Gasteiger partial charge in [0, 0.05) is 11.1 Å². The lowest BCUT2D eigenvalue weighted by Gasteiger charge is -2.19. The van der Waals surface area contributed by atoms with Gasteiger partial charge in [-0.15, -0.1) is 0 Å². The zero-order valence-electron chi connectivity index (χ0n) is 29.3. The van der Waals surface area contributed by atoms with Crippen LogP contribution in [0.25, 0.3) is 88.7 Å². The highest BCUT2D eigenvalue weighted by atomic mass is 15.0. The van der Waals surface area contributed by atoms with Crippen LogP contribution in [-0.2, 0) is 0 Å². The van der Waals surface area contributed by atoms with Gasteiger partial charge in [-0.2, -0.15) is 0 Å². The molecule has 9 aromatic rings. The van der Waals surface area contributed by atoms with Gasteiger partial charge in [-0.1, -0.05) is 146 Å². The molecular formula is C50H38N2. The molecule has 0 aliphatic rings. The van der Waals surface area contributed by atoms with Crippen LogP contribution >= 0.6 is 0 Å². The smallest absolute Gasteiger partial charge is 0.0537 e. The molecule has 0 radical (unpaired) electrons. The van der Waals surface area contributed by atoms with Crippen LogP contribution in [0.1, 0.15) is 16.8 Å². The molecule has 9 rings (SSSR count). The second kappa shape index (κ2) is 12.9. The Morgan fingerprint density at radius 2 is 1.00 bits per heavy atom. The van der Waals surface area contributed by atoms with Crippen molar-refractivity contribution >= 4 is 38.5 Å². The molecule has 0 aliphatic carbocycles. The molecule has 0 bridgehead atoms. The number of rotatable bonds is 6. The summed E-state index contributed by atoms with van der Waals surface area (Å²) < 4.78 is 2.31. The molecule has 8 aromatic carbocycles. The minimum Gasteiger partial charge on any atom is -0.405 e. The highest BCUT2D eigenvalue weighted by molar-refractivity contribution is 6.22. The Morgan fingerprint density at radius 1 is 0.442 bits per heavy atom. The van der Waals surface area contributed by atoms with E-state index in [1.807, 2.05) is 6.08 Å².